The van der Waals surface area contributed by atoms with Gasteiger partial charge in [-0.1, -0.05) is 12.8 Å². The number of hydrogen-bond donors (Lipinski definition) is 1. The third kappa shape index (κ3) is 2.92. The van der Waals surface area contributed by atoms with Crippen molar-refractivity contribution in [2.45, 2.75) is 51.0 Å². The average Bonchev–Trinajstić information content (AvgIpc) is 3.09. The lowest BCUT2D eigenvalue weighted by Crippen LogP contribution is -2.35. The van der Waals surface area contributed by atoms with Crippen LogP contribution in [0.2, 0.25) is 0 Å². The summed E-state index contributed by atoms with van der Waals surface area (Å²) in [4.78, 5) is 22.5. The van der Waals surface area contributed by atoms with Crippen LogP contribution >= 0.6 is 0 Å². The minimum absolute atomic E-state index is 0.0393. The Morgan fingerprint density at radius 2 is 2.15 bits per heavy atom. The maximum absolute atomic E-state index is 11.1. The third-order valence-corrected chi connectivity index (χ3v) is 4.32. The molecule has 3 rings (SSSR count). The molecule has 1 saturated heterocycles. The maximum Gasteiger partial charge on any atom is 0.225 e. The normalized spacial score (nSPS) is 23.2. The van der Waals surface area contributed by atoms with Crippen LogP contribution in [-0.4, -0.2) is 35.0 Å². The van der Waals surface area contributed by atoms with Crippen molar-refractivity contribution in [1.29, 1.82) is 0 Å². The van der Waals surface area contributed by atoms with Crippen molar-refractivity contribution >= 4 is 11.9 Å². The number of rotatable bonds is 3. The zero-order chi connectivity index (χ0) is 13.9. The van der Waals surface area contributed by atoms with Crippen LogP contribution in [-0.2, 0) is 4.79 Å². The SMILES string of the molecule is CC(=O)N[C@@H]1CCN(c2nccc(C3CCCC3)n2)C1. The van der Waals surface area contributed by atoms with E-state index in [4.69, 9.17) is 4.98 Å². The van der Waals surface area contributed by atoms with Crippen molar-refractivity contribution in [3.05, 3.63) is 18.0 Å². The quantitative estimate of drug-likeness (QED) is 0.914. The Kier molecular flexibility index (Phi) is 3.85. The molecule has 1 atom stereocenters. The lowest BCUT2D eigenvalue weighted by molar-refractivity contribution is -0.119. The molecule has 1 aromatic heterocycles. The van der Waals surface area contributed by atoms with E-state index in [2.05, 4.69) is 21.3 Å². The summed E-state index contributed by atoms with van der Waals surface area (Å²) >= 11 is 0. The van der Waals surface area contributed by atoms with E-state index < -0.39 is 0 Å². The van der Waals surface area contributed by atoms with E-state index in [0.717, 1.165) is 25.5 Å². The van der Waals surface area contributed by atoms with Gasteiger partial charge in [-0.05, 0) is 25.3 Å². The summed E-state index contributed by atoms with van der Waals surface area (Å²) in [6, 6.07) is 2.28. The van der Waals surface area contributed by atoms with Gasteiger partial charge in [-0.15, -0.1) is 0 Å². The largest absolute Gasteiger partial charge is 0.352 e. The molecule has 0 bridgehead atoms. The molecule has 5 heteroatoms. The number of nitrogens with one attached hydrogen (secondary N) is 1. The number of aromatic nitrogens is 2. The predicted molar refractivity (Wildman–Crippen MR) is 77.7 cm³/mol. The van der Waals surface area contributed by atoms with E-state index in [0.29, 0.717) is 5.92 Å². The highest BCUT2D eigenvalue weighted by Gasteiger charge is 2.26. The minimum Gasteiger partial charge on any atom is -0.352 e. The van der Waals surface area contributed by atoms with Crippen LogP contribution in [0.1, 0.15) is 50.6 Å². The molecule has 2 heterocycles. The number of carbonyl (C=O) groups is 1. The Labute approximate surface area is 119 Å². The van der Waals surface area contributed by atoms with Crippen LogP contribution in [0.5, 0.6) is 0 Å². The summed E-state index contributed by atoms with van der Waals surface area (Å²) < 4.78 is 0. The van der Waals surface area contributed by atoms with E-state index in [9.17, 15) is 4.79 Å². The van der Waals surface area contributed by atoms with E-state index in [1.807, 2.05) is 6.20 Å². The van der Waals surface area contributed by atoms with Gasteiger partial charge in [0, 0.05) is 43.9 Å². The molecule has 2 aliphatic rings. The van der Waals surface area contributed by atoms with Gasteiger partial charge in [-0.3, -0.25) is 4.79 Å². The van der Waals surface area contributed by atoms with Gasteiger partial charge in [0.1, 0.15) is 0 Å². The van der Waals surface area contributed by atoms with E-state index in [1.165, 1.54) is 31.4 Å². The molecule has 20 heavy (non-hydrogen) atoms. The van der Waals surface area contributed by atoms with Crippen LogP contribution in [0, 0.1) is 0 Å². The molecule has 1 aliphatic carbocycles. The predicted octanol–water partition coefficient (Wildman–Crippen LogP) is 1.85. The molecule has 1 saturated carbocycles. The Balaban J connectivity index is 1.68. The van der Waals surface area contributed by atoms with Crippen molar-refractivity contribution in [3.63, 3.8) is 0 Å². The molecule has 1 aliphatic heterocycles. The molecule has 1 N–H and O–H groups in total. The molecule has 1 amide bonds. The topological polar surface area (TPSA) is 58.1 Å². The van der Waals surface area contributed by atoms with Gasteiger partial charge in [0.15, 0.2) is 0 Å². The molecule has 5 nitrogen and oxygen atoms in total. The molecule has 0 aromatic carbocycles. The first-order chi connectivity index (χ1) is 9.72. The molecule has 0 spiro atoms. The first kappa shape index (κ1) is 13.3. The lowest BCUT2D eigenvalue weighted by atomic mass is 10.0. The number of nitrogens with zero attached hydrogens (tertiary/aromatic N) is 3. The molecule has 2 fully saturated rings. The van der Waals surface area contributed by atoms with Crippen molar-refractivity contribution in [2.24, 2.45) is 0 Å². The van der Waals surface area contributed by atoms with Gasteiger partial charge in [0.25, 0.3) is 0 Å². The van der Waals surface area contributed by atoms with E-state index in [-0.39, 0.29) is 11.9 Å². The highest BCUT2D eigenvalue weighted by molar-refractivity contribution is 5.73. The lowest BCUT2D eigenvalue weighted by Gasteiger charge is -2.18. The summed E-state index contributed by atoms with van der Waals surface area (Å²) in [5.41, 5.74) is 1.19. The van der Waals surface area contributed by atoms with Crippen molar-refractivity contribution in [1.82, 2.24) is 15.3 Å². The minimum atomic E-state index is 0.0393. The Morgan fingerprint density at radius 3 is 2.90 bits per heavy atom. The Bertz CT molecular complexity index is 485. The highest BCUT2D eigenvalue weighted by Crippen LogP contribution is 2.33. The molecule has 0 unspecified atom stereocenters. The second-order valence-corrected chi connectivity index (χ2v) is 5.90. The van der Waals surface area contributed by atoms with Gasteiger partial charge in [-0.25, -0.2) is 9.97 Å². The molecule has 1 aromatic rings. The second-order valence-electron chi connectivity index (χ2n) is 5.90. The first-order valence-electron chi connectivity index (χ1n) is 7.57. The van der Waals surface area contributed by atoms with Gasteiger partial charge in [0.05, 0.1) is 0 Å². The van der Waals surface area contributed by atoms with Crippen LogP contribution in [0.3, 0.4) is 0 Å². The van der Waals surface area contributed by atoms with Gasteiger partial charge < -0.3 is 10.2 Å². The maximum atomic E-state index is 11.1. The van der Waals surface area contributed by atoms with Crippen molar-refractivity contribution in [3.8, 4) is 0 Å². The number of amides is 1. The first-order valence-corrected chi connectivity index (χ1v) is 7.57. The van der Waals surface area contributed by atoms with Gasteiger partial charge in [0.2, 0.25) is 11.9 Å². The van der Waals surface area contributed by atoms with E-state index in [1.54, 1.807) is 6.92 Å². The number of anilines is 1. The summed E-state index contributed by atoms with van der Waals surface area (Å²) in [5, 5.41) is 2.98. The second kappa shape index (κ2) is 5.77. The van der Waals surface area contributed by atoms with Crippen LogP contribution in [0.15, 0.2) is 12.3 Å². The fourth-order valence-corrected chi connectivity index (χ4v) is 3.31. The summed E-state index contributed by atoms with van der Waals surface area (Å²) in [6.45, 7) is 3.30. The Hall–Kier alpha value is -1.65. The monoisotopic (exact) mass is 274 g/mol. The zero-order valence-corrected chi connectivity index (χ0v) is 12.0. The van der Waals surface area contributed by atoms with Crippen molar-refractivity contribution < 1.29 is 4.79 Å². The number of carbonyl (C=O) groups excluding carboxylic acids is 1. The fraction of sp³-hybridized carbons (Fsp3) is 0.667. The van der Waals surface area contributed by atoms with Gasteiger partial charge in [-0.2, -0.15) is 0 Å². The third-order valence-electron chi connectivity index (χ3n) is 4.32. The zero-order valence-electron chi connectivity index (χ0n) is 12.0. The highest BCUT2D eigenvalue weighted by atomic mass is 16.1. The smallest absolute Gasteiger partial charge is 0.225 e. The molecular formula is C15H22N4O. The van der Waals surface area contributed by atoms with Crippen molar-refractivity contribution in [2.75, 3.05) is 18.0 Å². The van der Waals surface area contributed by atoms with Crippen LogP contribution in [0.25, 0.3) is 0 Å². The van der Waals surface area contributed by atoms with Gasteiger partial charge >= 0.3 is 0 Å². The summed E-state index contributed by atoms with van der Waals surface area (Å²) in [5.74, 6) is 1.48. The van der Waals surface area contributed by atoms with Crippen LogP contribution < -0.4 is 10.2 Å². The van der Waals surface area contributed by atoms with Crippen LogP contribution in [0.4, 0.5) is 5.95 Å². The summed E-state index contributed by atoms with van der Waals surface area (Å²) in [7, 11) is 0. The summed E-state index contributed by atoms with van der Waals surface area (Å²) in [6.07, 6.45) is 7.99. The standard InChI is InChI=1S/C15H22N4O/c1-11(20)17-13-7-9-19(10-13)15-16-8-6-14(18-15)12-4-2-3-5-12/h6,8,12-13H,2-5,7,9-10H2,1H3,(H,17,20)/t13-/m1/s1. The fourth-order valence-electron chi connectivity index (χ4n) is 3.31. The van der Waals surface area contributed by atoms with E-state index >= 15 is 0 Å². The molecule has 0 radical (unpaired) electrons. The Morgan fingerprint density at radius 1 is 1.35 bits per heavy atom. The molecular weight excluding hydrogens is 252 g/mol. The molecule has 108 valence electrons. The average molecular weight is 274 g/mol. The number of hydrogen-bond acceptors (Lipinski definition) is 4.